The van der Waals surface area contributed by atoms with E-state index >= 15 is 0 Å². The zero-order valence-corrected chi connectivity index (χ0v) is 20.1. The van der Waals surface area contributed by atoms with Crippen molar-refractivity contribution in [1.82, 2.24) is 19.9 Å². The number of rotatable bonds is 5. The van der Waals surface area contributed by atoms with Crippen LogP contribution in [-0.2, 0) is 12.7 Å². The summed E-state index contributed by atoms with van der Waals surface area (Å²) in [7, 11) is 0. The third-order valence-corrected chi connectivity index (χ3v) is 6.57. The standard InChI is InChI=1S/C25H23BrF3N5O/c26-16-6-7-19-20(10-30-22(19)8-16)23-21(25(27,28)29)11-31-24(33-23)32-17-9-18(35)14-34(13-17)12-15-4-2-1-3-5-15/h1-8,10-11,17-18,30,35H,9,12-14H2,(H,31,32,33)/t17-,18+/m0/s1. The van der Waals surface area contributed by atoms with Crippen molar-refractivity contribution >= 4 is 32.8 Å². The van der Waals surface area contributed by atoms with E-state index in [-0.39, 0.29) is 17.7 Å². The number of aliphatic hydroxyl groups excluding tert-OH is 1. The summed E-state index contributed by atoms with van der Waals surface area (Å²) in [6.45, 7) is 1.80. The Bertz CT molecular complexity index is 1330. The second kappa shape index (κ2) is 9.60. The van der Waals surface area contributed by atoms with Crippen LogP contribution in [0, 0.1) is 0 Å². The molecule has 6 nitrogen and oxygen atoms in total. The number of aromatic amines is 1. The Labute approximate surface area is 208 Å². The molecular weight excluding hydrogens is 523 g/mol. The highest BCUT2D eigenvalue weighted by atomic mass is 79.9. The lowest BCUT2D eigenvalue weighted by Crippen LogP contribution is -2.48. The Morgan fingerprint density at radius 1 is 1.14 bits per heavy atom. The molecule has 0 unspecified atom stereocenters. The van der Waals surface area contributed by atoms with Gasteiger partial charge in [-0.15, -0.1) is 0 Å². The van der Waals surface area contributed by atoms with E-state index in [2.05, 4.69) is 41.1 Å². The van der Waals surface area contributed by atoms with Gasteiger partial charge in [-0.2, -0.15) is 13.2 Å². The largest absolute Gasteiger partial charge is 0.419 e. The van der Waals surface area contributed by atoms with Crippen LogP contribution in [0.25, 0.3) is 22.2 Å². The van der Waals surface area contributed by atoms with Crippen molar-refractivity contribution in [3.8, 4) is 11.3 Å². The summed E-state index contributed by atoms with van der Waals surface area (Å²) in [5.41, 5.74) is 1.07. The van der Waals surface area contributed by atoms with Gasteiger partial charge < -0.3 is 15.4 Å². The summed E-state index contributed by atoms with van der Waals surface area (Å²) in [6.07, 6.45) is -2.37. The number of nitrogens with zero attached hydrogens (tertiary/aromatic N) is 3. The Morgan fingerprint density at radius 2 is 1.94 bits per heavy atom. The number of aromatic nitrogens is 3. The van der Waals surface area contributed by atoms with Gasteiger partial charge in [0, 0.05) is 59.0 Å². The zero-order chi connectivity index (χ0) is 24.6. The number of nitrogens with one attached hydrogen (secondary N) is 2. The molecule has 1 aliphatic heterocycles. The lowest BCUT2D eigenvalue weighted by atomic mass is 10.0. The summed E-state index contributed by atoms with van der Waals surface area (Å²) in [6, 6.07) is 15.0. The van der Waals surface area contributed by atoms with Crippen LogP contribution < -0.4 is 5.32 Å². The maximum absolute atomic E-state index is 13.8. The molecule has 2 atom stereocenters. The molecule has 4 aromatic rings. The first kappa shape index (κ1) is 23.8. The lowest BCUT2D eigenvalue weighted by Gasteiger charge is -2.36. The number of hydrogen-bond donors (Lipinski definition) is 3. The molecule has 0 aliphatic carbocycles. The van der Waals surface area contributed by atoms with Gasteiger partial charge in [0.15, 0.2) is 0 Å². The molecule has 1 fully saturated rings. The predicted octanol–water partition coefficient (Wildman–Crippen LogP) is 5.45. The molecule has 1 saturated heterocycles. The number of H-pyrrole nitrogens is 1. The molecule has 0 spiro atoms. The average molecular weight is 546 g/mol. The number of hydrogen-bond acceptors (Lipinski definition) is 5. The Kier molecular flexibility index (Phi) is 6.52. The third-order valence-electron chi connectivity index (χ3n) is 6.08. The van der Waals surface area contributed by atoms with E-state index < -0.39 is 17.8 Å². The Balaban J connectivity index is 1.43. The topological polar surface area (TPSA) is 77.1 Å². The van der Waals surface area contributed by atoms with Gasteiger partial charge in [-0.25, -0.2) is 9.97 Å². The normalized spacial score (nSPS) is 19.2. The Hall–Kier alpha value is -2.95. The smallest absolute Gasteiger partial charge is 0.392 e. The van der Waals surface area contributed by atoms with Crippen molar-refractivity contribution in [3.63, 3.8) is 0 Å². The van der Waals surface area contributed by atoms with Gasteiger partial charge in [0.2, 0.25) is 5.95 Å². The first-order valence-corrected chi connectivity index (χ1v) is 12.0. The van der Waals surface area contributed by atoms with Crippen LogP contribution in [0.3, 0.4) is 0 Å². The highest BCUT2D eigenvalue weighted by Gasteiger charge is 2.36. The van der Waals surface area contributed by atoms with Gasteiger partial charge in [0.1, 0.15) is 5.56 Å². The molecule has 1 aliphatic rings. The minimum Gasteiger partial charge on any atom is -0.392 e. The first-order valence-electron chi connectivity index (χ1n) is 11.2. The summed E-state index contributed by atoms with van der Waals surface area (Å²) in [4.78, 5) is 13.4. The summed E-state index contributed by atoms with van der Waals surface area (Å²) >= 11 is 3.38. The Morgan fingerprint density at radius 3 is 2.71 bits per heavy atom. The van der Waals surface area contributed by atoms with Crippen LogP contribution in [-0.4, -0.2) is 50.2 Å². The molecule has 3 heterocycles. The molecule has 0 saturated carbocycles. The van der Waals surface area contributed by atoms with Gasteiger partial charge in [0.05, 0.1) is 11.8 Å². The third kappa shape index (κ3) is 5.34. The number of halogens is 4. The van der Waals surface area contributed by atoms with E-state index in [1.54, 1.807) is 18.2 Å². The van der Waals surface area contributed by atoms with Crippen molar-refractivity contribution in [2.75, 3.05) is 18.4 Å². The predicted molar refractivity (Wildman–Crippen MR) is 132 cm³/mol. The molecule has 2 aromatic heterocycles. The molecule has 35 heavy (non-hydrogen) atoms. The molecule has 5 rings (SSSR count). The van der Waals surface area contributed by atoms with Crippen LogP contribution in [0.2, 0.25) is 0 Å². The first-order chi connectivity index (χ1) is 16.8. The van der Waals surface area contributed by atoms with E-state index in [1.807, 2.05) is 30.3 Å². The van der Waals surface area contributed by atoms with Gasteiger partial charge in [-0.05, 0) is 24.1 Å². The fourth-order valence-corrected chi connectivity index (χ4v) is 4.94. The number of β-amino-alcohol motifs (C(OH)–C–C–N with tert-alkyl or cyclic N) is 1. The van der Waals surface area contributed by atoms with Crippen LogP contribution in [0.15, 0.2) is 65.4 Å². The van der Waals surface area contributed by atoms with Crippen LogP contribution in [0.4, 0.5) is 19.1 Å². The van der Waals surface area contributed by atoms with Crippen LogP contribution in [0.5, 0.6) is 0 Å². The summed E-state index contributed by atoms with van der Waals surface area (Å²) in [5.74, 6) is 0.0956. The van der Waals surface area contributed by atoms with Crippen LogP contribution in [0.1, 0.15) is 17.5 Å². The molecule has 2 aromatic carbocycles. The molecule has 0 amide bonds. The number of benzene rings is 2. The van der Waals surface area contributed by atoms with Crippen LogP contribution >= 0.6 is 15.9 Å². The number of fused-ring (bicyclic) bond motifs is 1. The van der Waals surface area contributed by atoms with Crippen molar-refractivity contribution in [3.05, 3.63) is 76.5 Å². The monoisotopic (exact) mass is 545 g/mol. The fraction of sp³-hybridized carbons (Fsp3) is 0.280. The van der Waals surface area contributed by atoms with Crippen molar-refractivity contribution in [1.29, 1.82) is 0 Å². The van der Waals surface area contributed by atoms with Gasteiger partial charge in [-0.3, -0.25) is 4.90 Å². The maximum Gasteiger partial charge on any atom is 0.419 e. The summed E-state index contributed by atoms with van der Waals surface area (Å²) in [5, 5.41) is 14.2. The minimum atomic E-state index is -4.61. The molecule has 0 radical (unpaired) electrons. The van der Waals surface area contributed by atoms with Crippen molar-refractivity contribution in [2.45, 2.75) is 31.3 Å². The number of alkyl halides is 3. The van der Waals surface area contributed by atoms with E-state index in [0.717, 1.165) is 16.2 Å². The molecular formula is C25H23BrF3N5O. The van der Waals surface area contributed by atoms with Crippen molar-refractivity contribution < 1.29 is 18.3 Å². The lowest BCUT2D eigenvalue weighted by molar-refractivity contribution is -0.137. The van der Waals surface area contributed by atoms with E-state index in [9.17, 15) is 18.3 Å². The van der Waals surface area contributed by atoms with E-state index in [0.29, 0.717) is 42.5 Å². The molecule has 0 bridgehead atoms. The quantitative estimate of drug-likeness (QED) is 0.310. The van der Waals surface area contributed by atoms with Gasteiger partial charge in [-0.1, -0.05) is 52.3 Å². The fourth-order valence-electron chi connectivity index (χ4n) is 4.58. The number of likely N-dealkylation sites (tertiary alicyclic amines) is 1. The van der Waals surface area contributed by atoms with Gasteiger partial charge in [0.25, 0.3) is 0 Å². The molecule has 3 N–H and O–H groups in total. The number of piperidine rings is 1. The number of anilines is 1. The highest BCUT2D eigenvalue weighted by Crippen LogP contribution is 2.39. The van der Waals surface area contributed by atoms with E-state index in [4.69, 9.17) is 0 Å². The minimum absolute atomic E-state index is 0.0956. The maximum atomic E-state index is 13.8. The highest BCUT2D eigenvalue weighted by molar-refractivity contribution is 9.10. The van der Waals surface area contributed by atoms with E-state index in [1.165, 1.54) is 6.20 Å². The zero-order valence-electron chi connectivity index (χ0n) is 18.6. The number of aliphatic hydroxyl groups is 1. The average Bonchev–Trinajstić information content (AvgIpc) is 3.21. The second-order valence-electron chi connectivity index (χ2n) is 8.76. The summed E-state index contributed by atoms with van der Waals surface area (Å²) < 4.78 is 42.4. The molecule has 10 heteroatoms. The molecule has 182 valence electrons. The second-order valence-corrected chi connectivity index (χ2v) is 9.67. The van der Waals surface area contributed by atoms with Gasteiger partial charge >= 0.3 is 6.18 Å². The SMILES string of the molecule is O[C@@H]1C[C@H](Nc2ncc(C(F)(F)F)c(-c3c[nH]c4cc(Br)ccc34)n2)CN(Cc2ccccc2)C1. The van der Waals surface area contributed by atoms with Crippen molar-refractivity contribution in [2.24, 2.45) is 0 Å².